The van der Waals surface area contributed by atoms with E-state index in [4.69, 9.17) is 29.4 Å². The van der Waals surface area contributed by atoms with Crippen molar-refractivity contribution < 1.29 is 42.7 Å². The van der Waals surface area contributed by atoms with Gasteiger partial charge in [0.15, 0.2) is 0 Å². The van der Waals surface area contributed by atoms with Crippen molar-refractivity contribution in [3.05, 3.63) is 85.1 Å². The van der Waals surface area contributed by atoms with E-state index >= 15 is 0 Å². The molecule has 0 bridgehead atoms. The van der Waals surface area contributed by atoms with Gasteiger partial charge < -0.3 is 25.2 Å². The first-order valence-electron chi connectivity index (χ1n) is 24.6. The van der Waals surface area contributed by atoms with Crippen LogP contribution in [-0.4, -0.2) is 60.5 Å². The monoisotopic (exact) mass is 904 g/mol. The van der Waals surface area contributed by atoms with Crippen molar-refractivity contribution in [3.8, 4) is 0 Å². The molecule has 3 atom stereocenters. The van der Waals surface area contributed by atoms with Crippen molar-refractivity contribution in [1.29, 1.82) is 0 Å². The van der Waals surface area contributed by atoms with E-state index < -0.39 is 45.1 Å². The maximum atomic E-state index is 12.7. The Kier molecular flexibility index (Phi) is 45.0. The Bertz CT molecular complexity index is 1320. The number of phosphoric acid groups is 1. The first-order chi connectivity index (χ1) is 30.7. The molecule has 0 aliphatic heterocycles. The molecule has 0 amide bonds. The molecule has 0 aliphatic rings. The number of rotatable bonds is 46. The highest BCUT2D eigenvalue weighted by Gasteiger charge is 2.27. The van der Waals surface area contributed by atoms with E-state index in [2.05, 4.69) is 98.9 Å². The van der Waals surface area contributed by atoms with Crippen LogP contribution in [0.1, 0.15) is 194 Å². The van der Waals surface area contributed by atoms with Crippen molar-refractivity contribution in [2.45, 2.75) is 206 Å². The number of carboxylic acids is 1. The zero-order chi connectivity index (χ0) is 46.2. The Morgan fingerprint density at radius 3 is 1.40 bits per heavy atom. The quantitative estimate of drug-likeness (QED) is 0.0233. The summed E-state index contributed by atoms with van der Waals surface area (Å²) in [6.07, 6.45) is 60.7. The van der Waals surface area contributed by atoms with Gasteiger partial charge in [-0.25, -0.2) is 4.57 Å². The fourth-order valence-corrected chi connectivity index (χ4v) is 7.14. The van der Waals surface area contributed by atoms with Crippen molar-refractivity contribution >= 4 is 19.8 Å². The van der Waals surface area contributed by atoms with E-state index in [1.54, 1.807) is 0 Å². The highest BCUT2D eigenvalue weighted by atomic mass is 31.2. The fraction of sp³-hybridized carbons (Fsp3) is 0.692. The third kappa shape index (κ3) is 46.9. The number of ether oxygens (including phenoxy) is 2. The zero-order valence-electron chi connectivity index (χ0n) is 39.6. The van der Waals surface area contributed by atoms with Gasteiger partial charge in [0, 0.05) is 13.0 Å². The molecule has 0 saturated carbocycles. The Balaban J connectivity index is 4.27. The average molecular weight is 904 g/mol. The maximum Gasteiger partial charge on any atom is 0.472 e. The predicted molar refractivity (Wildman–Crippen MR) is 263 cm³/mol. The number of allylic oxidation sites excluding steroid dienone is 14. The Labute approximate surface area is 384 Å². The summed E-state index contributed by atoms with van der Waals surface area (Å²) in [5.74, 6) is -1.80. The molecule has 0 fully saturated rings. The van der Waals surface area contributed by atoms with Gasteiger partial charge in [0.2, 0.25) is 0 Å². The van der Waals surface area contributed by atoms with Crippen LogP contribution in [0.4, 0.5) is 0 Å². The standard InChI is InChI=1S/C52H90NO9P/c1-3-5-7-9-11-13-15-17-19-21-23-24-25-27-29-31-33-35-37-39-41-43-45-59-46-49(47-60-63(57,58)61-48-50(53)52(55)56)62-51(54)44-42-40-38-36-34-32-30-28-26-22-20-18-16-14-12-10-8-6-4-2/h5,7,11,13,17-20,23-24,27,29,33,35,49-50H,3-4,6,8-10,12,14-16,21-22,25-26,28,30-32,34,36-48,53H2,1-2H3,(H,55,56)(H,57,58)/b7-5-,13-11-,19-17-,20-18-,24-23-,29-27-,35-33-. The van der Waals surface area contributed by atoms with Gasteiger partial charge in [-0.3, -0.25) is 18.6 Å². The smallest absolute Gasteiger partial charge is 0.472 e. The van der Waals surface area contributed by atoms with Crippen LogP contribution < -0.4 is 5.73 Å². The maximum absolute atomic E-state index is 12.7. The third-order valence-corrected chi connectivity index (χ3v) is 11.1. The van der Waals surface area contributed by atoms with Crippen LogP contribution in [0.5, 0.6) is 0 Å². The lowest BCUT2D eigenvalue weighted by Gasteiger charge is -2.20. The van der Waals surface area contributed by atoms with Crippen LogP contribution in [-0.2, 0) is 32.7 Å². The molecule has 0 rings (SSSR count). The summed E-state index contributed by atoms with van der Waals surface area (Å²) < 4.78 is 33.4. The number of aliphatic carboxylic acids is 1. The van der Waals surface area contributed by atoms with Crippen molar-refractivity contribution in [1.82, 2.24) is 0 Å². The SMILES string of the molecule is CC/C=C\C/C=C\C/C=C\C/C=C\C/C=C\C/C=C\CCCCCOCC(COP(=O)(O)OCC(N)C(=O)O)OC(=O)CCCCCCCCCCC/C=C\CCCCCCCC. The molecular weight excluding hydrogens is 814 g/mol. The summed E-state index contributed by atoms with van der Waals surface area (Å²) >= 11 is 0. The molecule has 63 heavy (non-hydrogen) atoms. The summed E-state index contributed by atoms with van der Waals surface area (Å²) in [5, 5.41) is 8.92. The zero-order valence-corrected chi connectivity index (χ0v) is 40.5. The van der Waals surface area contributed by atoms with E-state index in [1.165, 1.54) is 83.5 Å². The van der Waals surface area contributed by atoms with E-state index in [9.17, 15) is 19.0 Å². The molecule has 0 aromatic carbocycles. The molecule has 0 radical (unpaired) electrons. The van der Waals surface area contributed by atoms with Crippen molar-refractivity contribution in [2.75, 3.05) is 26.4 Å². The number of phosphoric ester groups is 1. The second-order valence-corrected chi connectivity index (χ2v) is 17.7. The van der Waals surface area contributed by atoms with E-state index in [1.807, 2.05) is 0 Å². The highest BCUT2D eigenvalue weighted by molar-refractivity contribution is 7.47. The first kappa shape index (κ1) is 60.2. The minimum Gasteiger partial charge on any atom is -0.480 e. The molecule has 3 unspecified atom stereocenters. The second kappa shape index (κ2) is 47.1. The van der Waals surface area contributed by atoms with Gasteiger partial charge in [-0.1, -0.05) is 182 Å². The summed E-state index contributed by atoms with van der Waals surface area (Å²) in [6.45, 7) is 3.68. The van der Waals surface area contributed by atoms with Crippen molar-refractivity contribution in [3.63, 3.8) is 0 Å². The number of hydrogen-bond acceptors (Lipinski definition) is 8. The molecule has 4 N–H and O–H groups in total. The number of carboxylic acid groups (broad SMARTS) is 1. The number of nitrogens with two attached hydrogens (primary N) is 1. The van der Waals surface area contributed by atoms with Crippen LogP contribution in [0.15, 0.2) is 85.1 Å². The predicted octanol–water partition coefficient (Wildman–Crippen LogP) is 14.3. The molecule has 0 heterocycles. The van der Waals surface area contributed by atoms with E-state index in [0.29, 0.717) is 13.0 Å². The summed E-state index contributed by atoms with van der Waals surface area (Å²) in [7, 11) is -4.64. The number of esters is 1. The summed E-state index contributed by atoms with van der Waals surface area (Å²) in [6, 6.07) is -1.48. The molecule has 0 saturated heterocycles. The Morgan fingerprint density at radius 1 is 0.524 bits per heavy atom. The van der Waals surface area contributed by atoms with Crippen LogP contribution >= 0.6 is 7.82 Å². The molecule has 0 aliphatic carbocycles. The third-order valence-electron chi connectivity index (χ3n) is 10.2. The number of carbonyl (C=O) groups excluding carboxylic acids is 1. The molecule has 0 aromatic heterocycles. The number of carbonyl (C=O) groups is 2. The molecular formula is C52H90NO9P. The molecule has 11 heteroatoms. The van der Waals surface area contributed by atoms with Crippen LogP contribution in [0.3, 0.4) is 0 Å². The van der Waals surface area contributed by atoms with E-state index in [0.717, 1.165) is 83.5 Å². The van der Waals surface area contributed by atoms with E-state index in [-0.39, 0.29) is 13.0 Å². The molecule has 0 aromatic rings. The average Bonchev–Trinajstić information content (AvgIpc) is 3.26. The lowest BCUT2D eigenvalue weighted by molar-refractivity contribution is -0.154. The Hall–Kier alpha value is -2.85. The van der Waals surface area contributed by atoms with Crippen LogP contribution in [0.25, 0.3) is 0 Å². The molecule has 0 spiro atoms. The van der Waals surface area contributed by atoms with Gasteiger partial charge in [0.1, 0.15) is 12.1 Å². The van der Waals surface area contributed by atoms with Crippen molar-refractivity contribution in [2.24, 2.45) is 5.73 Å². The second-order valence-electron chi connectivity index (χ2n) is 16.2. The molecule has 362 valence electrons. The highest BCUT2D eigenvalue weighted by Crippen LogP contribution is 2.43. The number of unbranched alkanes of at least 4 members (excludes halogenated alkanes) is 18. The van der Waals surface area contributed by atoms with Gasteiger partial charge in [-0.15, -0.1) is 0 Å². The minimum absolute atomic E-state index is 0.0109. The normalized spacial score (nSPS) is 14.5. The fourth-order valence-electron chi connectivity index (χ4n) is 6.37. The topological polar surface area (TPSA) is 155 Å². The largest absolute Gasteiger partial charge is 0.480 e. The summed E-state index contributed by atoms with van der Waals surface area (Å²) in [4.78, 5) is 33.7. The lowest BCUT2D eigenvalue weighted by Crippen LogP contribution is -2.34. The van der Waals surface area contributed by atoms with Gasteiger partial charge in [0.25, 0.3) is 0 Å². The Morgan fingerprint density at radius 2 is 0.921 bits per heavy atom. The first-order valence-corrected chi connectivity index (χ1v) is 26.1. The molecule has 10 nitrogen and oxygen atoms in total. The van der Waals surface area contributed by atoms with Crippen LogP contribution in [0, 0.1) is 0 Å². The van der Waals surface area contributed by atoms with Gasteiger partial charge in [-0.05, 0) is 89.9 Å². The van der Waals surface area contributed by atoms with Gasteiger partial charge in [-0.2, -0.15) is 0 Å². The lowest BCUT2D eigenvalue weighted by atomic mass is 10.1. The van der Waals surface area contributed by atoms with Gasteiger partial charge in [0.05, 0.1) is 19.8 Å². The van der Waals surface area contributed by atoms with Crippen LogP contribution in [0.2, 0.25) is 0 Å². The van der Waals surface area contributed by atoms with Gasteiger partial charge >= 0.3 is 19.8 Å². The minimum atomic E-state index is -4.64. The number of hydrogen-bond donors (Lipinski definition) is 3. The summed E-state index contributed by atoms with van der Waals surface area (Å²) in [5.41, 5.74) is 5.37.